The highest BCUT2D eigenvalue weighted by molar-refractivity contribution is 7.89. The Bertz CT molecular complexity index is 713. The summed E-state index contributed by atoms with van der Waals surface area (Å²) in [6, 6.07) is 3.02. The van der Waals surface area contributed by atoms with Gasteiger partial charge in [0.25, 0.3) is 0 Å². The lowest BCUT2D eigenvalue weighted by Crippen LogP contribution is -2.38. The van der Waals surface area contributed by atoms with Crippen LogP contribution in [-0.4, -0.2) is 33.8 Å². The average molecular weight is 299 g/mol. The largest absolute Gasteiger partial charge is 0.333 e. The third kappa shape index (κ3) is 2.13. The molecule has 3 heterocycles. The zero-order valence-corrected chi connectivity index (χ0v) is 11.5. The number of halogens is 1. The van der Waals surface area contributed by atoms with Crippen molar-refractivity contribution in [2.45, 2.75) is 18.0 Å². The molecule has 1 aliphatic rings. The van der Waals surface area contributed by atoms with Crippen LogP contribution in [-0.2, 0) is 23.1 Å². The van der Waals surface area contributed by atoms with E-state index in [9.17, 15) is 8.42 Å². The van der Waals surface area contributed by atoms with Crippen molar-refractivity contribution < 1.29 is 8.42 Å². The summed E-state index contributed by atoms with van der Waals surface area (Å²) in [7, 11) is -3.63. The molecule has 3 rings (SSSR count). The molecule has 0 saturated carbocycles. The maximum absolute atomic E-state index is 12.5. The van der Waals surface area contributed by atoms with E-state index in [-0.39, 0.29) is 16.6 Å². The maximum atomic E-state index is 12.5. The predicted molar refractivity (Wildman–Crippen MR) is 69.1 cm³/mol. The van der Waals surface area contributed by atoms with Crippen LogP contribution < -0.4 is 0 Å². The van der Waals surface area contributed by atoms with Crippen molar-refractivity contribution in [3.05, 3.63) is 41.7 Å². The van der Waals surface area contributed by atoms with E-state index in [1.54, 1.807) is 12.3 Å². The minimum atomic E-state index is -3.63. The summed E-state index contributed by atoms with van der Waals surface area (Å²) < 4.78 is 28.3. The van der Waals surface area contributed by atoms with E-state index in [2.05, 4.69) is 9.97 Å². The quantitative estimate of drug-likeness (QED) is 0.780. The molecule has 0 unspecified atom stereocenters. The first kappa shape index (κ1) is 12.6. The normalized spacial score (nSPS) is 16.3. The standard InChI is InChI=1S/C11H11ClN4O2S/c12-11-9(2-1-3-14-11)19(17,18)16-7-6-15-5-4-13-10(15)8-16/h1-5H,6-8H2. The van der Waals surface area contributed by atoms with Gasteiger partial charge in [0, 0.05) is 31.7 Å². The molecule has 0 aliphatic carbocycles. The third-order valence-electron chi connectivity index (χ3n) is 3.05. The van der Waals surface area contributed by atoms with Crippen molar-refractivity contribution in [3.63, 3.8) is 0 Å². The van der Waals surface area contributed by atoms with E-state index >= 15 is 0 Å². The van der Waals surface area contributed by atoms with Gasteiger partial charge < -0.3 is 4.57 Å². The van der Waals surface area contributed by atoms with Gasteiger partial charge in [-0.25, -0.2) is 18.4 Å². The van der Waals surface area contributed by atoms with Gasteiger partial charge in [0.15, 0.2) is 0 Å². The van der Waals surface area contributed by atoms with E-state index < -0.39 is 10.0 Å². The number of hydrogen-bond acceptors (Lipinski definition) is 4. The minimum Gasteiger partial charge on any atom is -0.333 e. The monoisotopic (exact) mass is 298 g/mol. The average Bonchev–Trinajstić information content (AvgIpc) is 2.86. The first-order valence-electron chi connectivity index (χ1n) is 5.70. The second kappa shape index (κ2) is 4.59. The SMILES string of the molecule is O=S(=O)(c1cccnc1Cl)N1CCn2ccnc2C1. The van der Waals surface area contributed by atoms with Gasteiger partial charge in [-0.05, 0) is 12.1 Å². The van der Waals surface area contributed by atoms with Crippen LogP contribution in [0.3, 0.4) is 0 Å². The number of imidazole rings is 1. The van der Waals surface area contributed by atoms with Gasteiger partial charge in [-0.15, -0.1) is 0 Å². The highest BCUT2D eigenvalue weighted by atomic mass is 35.5. The third-order valence-corrected chi connectivity index (χ3v) is 5.34. The molecule has 0 spiro atoms. The van der Waals surface area contributed by atoms with E-state index in [0.717, 1.165) is 5.82 Å². The molecular weight excluding hydrogens is 288 g/mol. The lowest BCUT2D eigenvalue weighted by molar-refractivity contribution is 0.335. The van der Waals surface area contributed by atoms with E-state index in [0.29, 0.717) is 13.1 Å². The lowest BCUT2D eigenvalue weighted by atomic mass is 10.4. The van der Waals surface area contributed by atoms with Gasteiger partial charge in [-0.1, -0.05) is 11.6 Å². The number of sulfonamides is 1. The molecule has 0 aromatic carbocycles. The van der Waals surface area contributed by atoms with Crippen LogP contribution in [0.5, 0.6) is 0 Å². The molecular formula is C11H11ClN4O2S. The Morgan fingerprint density at radius 1 is 1.21 bits per heavy atom. The smallest absolute Gasteiger partial charge is 0.246 e. The highest BCUT2D eigenvalue weighted by Crippen LogP contribution is 2.25. The summed E-state index contributed by atoms with van der Waals surface area (Å²) in [5, 5.41) is -0.00332. The Balaban J connectivity index is 1.97. The maximum Gasteiger partial charge on any atom is 0.246 e. The van der Waals surface area contributed by atoms with E-state index in [1.807, 2.05) is 10.8 Å². The minimum absolute atomic E-state index is 0.00332. The fraction of sp³-hybridized carbons (Fsp3) is 0.273. The molecule has 8 heteroatoms. The number of aromatic nitrogens is 3. The molecule has 0 atom stereocenters. The zero-order chi connectivity index (χ0) is 13.5. The number of nitrogens with zero attached hydrogens (tertiary/aromatic N) is 4. The van der Waals surface area contributed by atoms with Crippen molar-refractivity contribution in [3.8, 4) is 0 Å². The molecule has 0 N–H and O–H groups in total. The van der Waals surface area contributed by atoms with Crippen LogP contribution in [0.1, 0.15) is 5.82 Å². The molecule has 6 nitrogen and oxygen atoms in total. The zero-order valence-electron chi connectivity index (χ0n) is 9.90. The van der Waals surface area contributed by atoms with Crippen LogP contribution in [0.15, 0.2) is 35.6 Å². The van der Waals surface area contributed by atoms with Gasteiger partial charge in [0.05, 0.1) is 6.54 Å². The molecule has 0 fully saturated rings. The molecule has 2 aromatic rings. The topological polar surface area (TPSA) is 68.1 Å². The first-order valence-corrected chi connectivity index (χ1v) is 7.51. The van der Waals surface area contributed by atoms with Crippen molar-refractivity contribution in [2.75, 3.05) is 6.54 Å². The Morgan fingerprint density at radius 3 is 2.84 bits per heavy atom. The highest BCUT2D eigenvalue weighted by Gasteiger charge is 2.30. The van der Waals surface area contributed by atoms with Crippen LogP contribution in [0.2, 0.25) is 5.15 Å². The molecule has 0 bridgehead atoms. The Morgan fingerprint density at radius 2 is 2.05 bits per heavy atom. The summed E-state index contributed by atoms with van der Waals surface area (Å²) in [6.45, 7) is 1.24. The van der Waals surface area contributed by atoms with Crippen molar-refractivity contribution >= 4 is 21.6 Å². The van der Waals surface area contributed by atoms with Gasteiger partial charge in [0.1, 0.15) is 15.9 Å². The predicted octanol–water partition coefficient (Wildman–Crippen LogP) is 1.14. The van der Waals surface area contributed by atoms with Crippen LogP contribution in [0.4, 0.5) is 0 Å². The second-order valence-electron chi connectivity index (χ2n) is 4.17. The Labute approximate surface area is 115 Å². The molecule has 0 saturated heterocycles. The first-order chi connectivity index (χ1) is 9.09. The summed E-state index contributed by atoms with van der Waals surface area (Å²) >= 11 is 5.87. The number of fused-ring (bicyclic) bond motifs is 1. The molecule has 1 aliphatic heterocycles. The fourth-order valence-electron chi connectivity index (χ4n) is 2.06. The molecule has 2 aromatic heterocycles. The van der Waals surface area contributed by atoms with Crippen LogP contribution >= 0.6 is 11.6 Å². The number of pyridine rings is 1. The number of hydrogen-bond donors (Lipinski definition) is 0. The van der Waals surface area contributed by atoms with Crippen LogP contribution in [0.25, 0.3) is 0 Å². The molecule has 0 amide bonds. The van der Waals surface area contributed by atoms with Crippen molar-refractivity contribution in [1.82, 2.24) is 18.8 Å². The van der Waals surface area contributed by atoms with Crippen molar-refractivity contribution in [2.24, 2.45) is 0 Å². The summed E-state index contributed by atoms with van der Waals surface area (Å²) in [5.41, 5.74) is 0. The summed E-state index contributed by atoms with van der Waals surface area (Å²) in [5.74, 6) is 0.731. The van der Waals surface area contributed by atoms with Crippen LogP contribution in [0, 0.1) is 0 Å². The fourth-order valence-corrected chi connectivity index (χ4v) is 3.87. The summed E-state index contributed by atoms with van der Waals surface area (Å²) in [4.78, 5) is 8.00. The molecule has 100 valence electrons. The van der Waals surface area contributed by atoms with Gasteiger partial charge in [-0.3, -0.25) is 0 Å². The van der Waals surface area contributed by atoms with Gasteiger partial charge >= 0.3 is 0 Å². The second-order valence-corrected chi connectivity index (χ2v) is 6.43. The summed E-state index contributed by atoms with van der Waals surface area (Å²) in [6.07, 6.45) is 4.98. The Kier molecular flexibility index (Phi) is 3.04. The molecule has 0 radical (unpaired) electrons. The Hall–Kier alpha value is -1.44. The lowest BCUT2D eigenvalue weighted by Gasteiger charge is -2.27. The van der Waals surface area contributed by atoms with E-state index in [1.165, 1.54) is 16.6 Å². The molecule has 19 heavy (non-hydrogen) atoms. The van der Waals surface area contributed by atoms with Crippen molar-refractivity contribution in [1.29, 1.82) is 0 Å². The van der Waals surface area contributed by atoms with Gasteiger partial charge in [0.2, 0.25) is 10.0 Å². The number of rotatable bonds is 2. The van der Waals surface area contributed by atoms with Gasteiger partial charge in [-0.2, -0.15) is 4.31 Å². The van der Waals surface area contributed by atoms with E-state index in [4.69, 9.17) is 11.6 Å².